The van der Waals surface area contributed by atoms with Crippen molar-refractivity contribution in [3.8, 4) is 0 Å². The standard InChI is InChI=1S/C15H22N2O/c1-12-3-2-9-17(11-12)10-8-15(18)13-4-6-14(16)7-5-13/h4-7,12H,2-3,8-11,16H2,1H3. The van der Waals surface area contributed by atoms with Gasteiger partial charge in [0.1, 0.15) is 0 Å². The van der Waals surface area contributed by atoms with Crippen LogP contribution in [0.15, 0.2) is 24.3 Å². The van der Waals surface area contributed by atoms with E-state index in [9.17, 15) is 4.79 Å². The number of anilines is 1. The van der Waals surface area contributed by atoms with Crippen LogP contribution >= 0.6 is 0 Å². The predicted octanol–water partition coefficient (Wildman–Crippen LogP) is 2.57. The van der Waals surface area contributed by atoms with E-state index in [0.29, 0.717) is 12.1 Å². The molecule has 98 valence electrons. The van der Waals surface area contributed by atoms with E-state index in [1.165, 1.54) is 12.8 Å². The molecule has 0 spiro atoms. The van der Waals surface area contributed by atoms with Crippen LogP contribution in [0.4, 0.5) is 5.69 Å². The largest absolute Gasteiger partial charge is 0.399 e. The number of Topliss-reactive ketones (excluding diaryl/α,β-unsaturated/α-hetero) is 1. The van der Waals surface area contributed by atoms with E-state index in [1.54, 1.807) is 12.1 Å². The minimum absolute atomic E-state index is 0.216. The molecule has 3 heteroatoms. The zero-order valence-electron chi connectivity index (χ0n) is 11.1. The highest BCUT2D eigenvalue weighted by atomic mass is 16.1. The van der Waals surface area contributed by atoms with Gasteiger partial charge in [0.2, 0.25) is 0 Å². The zero-order valence-corrected chi connectivity index (χ0v) is 11.1. The van der Waals surface area contributed by atoms with Gasteiger partial charge in [-0.05, 0) is 49.6 Å². The SMILES string of the molecule is CC1CCCN(CCC(=O)c2ccc(N)cc2)C1. The monoisotopic (exact) mass is 246 g/mol. The Morgan fingerprint density at radius 3 is 2.78 bits per heavy atom. The van der Waals surface area contributed by atoms with Crippen molar-refractivity contribution in [2.75, 3.05) is 25.4 Å². The van der Waals surface area contributed by atoms with E-state index in [2.05, 4.69) is 11.8 Å². The lowest BCUT2D eigenvalue weighted by Crippen LogP contribution is -2.35. The van der Waals surface area contributed by atoms with Gasteiger partial charge in [-0.2, -0.15) is 0 Å². The van der Waals surface area contributed by atoms with E-state index in [4.69, 9.17) is 5.73 Å². The van der Waals surface area contributed by atoms with Gasteiger partial charge in [0.05, 0.1) is 0 Å². The number of rotatable bonds is 4. The van der Waals surface area contributed by atoms with Gasteiger partial charge in [-0.3, -0.25) is 4.79 Å². The summed E-state index contributed by atoms with van der Waals surface area (Å²) in [6, 6.07) is 7.21. The summed E-state index contributed by atoms with van der Waals surface area (Å²) in [4.78, 5) is 14.4. The molecule has 1 aromatic carbocycles. The van der Waals surface area contributed by atoms with Crippen molar-refractivity contribution in [1.82, 2.24) is 4.90 Å². The summed E-state index contributed by atoms with van der Waals surface area (Å²) >= 11 is 0. The Morgan fingerprint density at radius 2 is 2.11 bits per heavy atom. The number of likely N-dealkylation sites (tertiary alicyclic amines) is 1. The van der Waals surface area contributed by atoms with Gasteiger partial charge in [0.25, 0.3) is 0 Å². The number of carbonyl (C=O) groups is 1. The van der Waals surface area contributed by atoms with Crippen LogP contribution in [0.25, 0.3) is 0 Å². The van der Waals surface area contributed by atoms with Crippen LogP contribution in [0.2, 0.25) is 0 Å². The summed E-state index contributed by atoms with van der Waals surface area (Å²) in [5.41, 5.74) is 7.09. The van der Waals surface area contributed by atoms with Crippen LogP contribution in [0, 0.1) is 5.92 Å². The van der Waals surface area contributed by atoms with Gasteiger partial charge in [0, 0.05) is 30.8 Å². The Hall–Kier alpha value is -1.35. The van der Waals surface area contributed by atoms with Crippen molar-refractivity contribution in [2.45, 2.75) is 26.2 Å². The third-order valence-electron chi connectivity index (χ3n) is 3.63. The fourth-order valence-electron chi connectivity index (χ4n) is 2.56. The molecule has 0 radical (unpaired) electrons. The second-order valence-electron chi connectivity index (χ2n) is 5.34. The van der Waals surface area contributed by atoms with Crippen LogP contribution in [-0.2, 0) is 0 Å². The molecule has 0 aliphatic carbocycles. The van der Waals surface area contributed by atoms with Crippen molar-refractivity contribution < 1.29 is 4.79 Å². The molecular weight excluding hydrogens is 224 g/mol. The fourth-order valence-corrected chi connectivity index (χ4v) is 2.56. The Morgan fingerprint density at radius 1 is 1.39 bits per heavy atom. The zero-order chi connectivity index (χ0) is 13.0. The maximum absolute atomic E-state index is 12.0. The van der Waals surface area contributed by atoms with Crippen molar-refractivity contribution in [3.05, 3.63) is 29.8 Å². The number of ketones is 1. The molecule has 1 aliphatic heterocycles. The van der Waals surface area contributed by atoms with E-state index in [-0.39, 0.29) is 5.78 Å². The maximum Gasteiger partial charge on any atom is 0.164 e. The summed E-state index contributed by atoms with van der Waals surface area (Å²) in [7, 11) is 0. The second-order valence-corrected chi connectivity index (χ2v) is 5.34. The van der Waals surface area contributed by atoms with E-state index in [1.807, 2.05) is 12.1 Å². The highest BCUT2D eigenvalue weighted by Crippen LogP contribution is 2.16. The Kier molecular flexibility index (Phi) is 4.37. The van der Waals surface area contributed by atoms with Gasteiger partial charge in [0.15, 0.2) is 5.78 Å². The molecule has 0 bridgehead atoms. The third kappa shape index (κ3) is 3.57. The highest BCUT2D eigenvalue weighted by Gasteiger charge is 2.17. The first kappa shape index (κ1) is 13.1. The van der Waals surface area contributed by atoms with Crippen molar-refractivity contribution in [1.29, 1.82) is 0 Å². The Balaban J connectivity index is 1.82. The van der Waals surface area contributed by atoms with Crippen LogP contribution in [0.1, 0.15) is 36.5 Å². The summed E-state index contributed by atoms with van der Waals surface area (Å²) in [6.07, 6.45) is 3.19. The molecule has 2 rings (SSSR count). The molecular formula is C15H22N2O. The van der Waals surface area contributed by atoms with Crippen LogP contribution in [0.5, 0.6) is 0 Å². The Labute approximate surface area is 109 Å². The number of piperidine rings is 1. The Bertz CT molecular complexity index is 399. The molecule has 1 atom stereocenters. The number of carbonyl (C=O) groups excluding carboxylic acids is 1. The van der Waals surface area contributed by atoms with Gasteiger partial charge in [-0.25, -0.2) is 0 Å². The molecule has 1 unspecified atom stereocenters. The number of hydrogen-bond donors (Lipinski definition) is 1. The second kappa shape index (κ2) is 6.01. The molecule has 0 saturated carbocycles. The molecule has 1 aliphatic rings. The number of nitrogens with two attached hydrogens (primary N) is 1. The topological polar surface area (TPSA) is 46.3 Å². The van der Waals surface area contributed by atoms with Gasteiger partial charge < -0.3 is 10.6 Å². The number of benzene rings is 1. The summed E-state index contributed by atoms with van der Waals surface area (Å²) in [5, 5.41) is 0. The lowest BCUT2D eigenvalue weighted by Gasteiger charge is -2.30. The normalized spacial score (nSPS) is 20.8. The number of hydrogen-bond acceptors (Lipinski definition) is 3. The molecule has 0 amide bonds. The van der Waals surface area contributed by atoms with Gasteiger partial charge in [-0.1, -0.05) is 6.92 Å². The van der Waals surface area contributed by atoms with E-state index in [0.717, 1.165) is 31.1 Å². The lowest BCUT2D eigenvalue weighted by atomic mass is 9.99. The first-order chi connectivity index (χ1) is 8.65. The van der Waals surface area contributed by atoms with Gasteiger partial charge in [-0.15, -0.1) is 0 Å². The van der Waals surface area contributed by atoms with E-state index < -0.39 is 0 Å². The van der Waals surface area contributed by atoms with Crippen LogP contribution in [0.3, 0.4) is 0 Å². The van der Waals surface area contributed by atoms with E-state index >= 15 is 0 Å². The molecule has 1 saturated heterocycles. The maximum atomic E-state index is 12.0. The van der Waals surface area contributed by atoms with Crippen molar-refractivity contribution in [2.24, 2.45) is 5.92 Å². The van der Waals surface area contributed by atoms with Crippen molar-refractivity contribution >= 4 is 11.5 Å². The number of nitrogens with zero attached hydrogens (tertiary/aromatic N) is 1. The fraction of sp³-hybridized carbons (Fsp3) is 0.533. The molecule has 0 aromatic heterocycles. The summed E-state index contributed by atoms with van der Waals surface area (Å²) < 4.78 is 0. The minimum atomic E-state index is 0.216. The van der Waals surface area contributed by atoms with Crippen LogP contribution in [-0.4, -0.2) is 30.3 Å². The smallest absolute Gasteiger partial charge is 0.164 e. The quantitative estimate of drug-likeness (QED) is 0.656. The lowest BCUT2D eigenvalue weighted by molar-refractivity contribution is 0.0949. The average Bonchev–Trinajstić information content (AvgIpc) is 2.37. The average molecular weight is 246 g/mol. The molecule has 2 N–H and O–H groups in total. The highest BCUT2D eigenvalue weighted by molar-refractivity contribution is 5.96. The summed E-state index contributed by atoms with van der Waals surface area (Å²) in [6.45, 7) is 5.44. The molecule has 1 aromatic rings. The van der Waals surface area contributed by atoms with Crippen LogP contribution < -0.4 is 5.73 Å². The third-order valence-corrected chi connectivity index (χ3v) is 3.63. The molecule has 1 fully saturated rings. The molecule has 3 nitrogen and oxygen atoms in total. The minimum Gasteiger partial charge on any atom is -0.399 e. The summed E-state index contributed by atoms with van der Waals surface area (Å²) in [5.74, 6) is 0.985. The van der Waals surface area contributed by atoms with Gasteiger partial charge >= 0.3 is 0 Å². The van der Waals surface area contributed by atoms with Crippen molar-refractivity contribution in [3.63, 3.8) is 0 Å². The molecule has 18 heavy (non-hydrogen) atoms. The predicted molar refractivity (Wildman–Crippen MR) is 74.6 cm³/mol. The molecule has 1 heterocycles. The number of nitrogen functional groups attached to an aromatic ring is 1. The first-order valence-corrected chi connectivity index (χ1v) is 6.76. The first-order valence-electron chi connectivity index (χ1n) is 6.76.